The van der Waals surface area contributed by atoms with Crippen molar-refractivity contribution in [2.75, 3.05) is 19.0 Å². The van der Waals surface area contributed by atoms with E-state index >= 15 is 0 Å². The Balaban J connectivity index is 2.71. The Hall–Kier alpha value is -0.700. The summed E-state index contributed by atoms with van der Waals surface area (Å²) in [6, 6.07) is 6.06. The van der Waals surface area contributed by atoms with E-state index in [9.17, 15) is 0 Å². The molecular weight excluding hydrogens is 304 g/mol. The zero-order valence-electron chi connectivity index (χ0n) is 12.5. The summed E-state index contributed by atoms with van der Waals surface area (Å²) in [6.45, 7) is 7.36. The number of alkyl halides is 1. The van der Waals surface area contributed by atoms with Gasteiger partial charge in [0.05, 0.1) is 13.7 Å². The molecule has 108 valence electrons. The van der Waals surface area contributed by atoms with Gasteiger partial charge in [0.15, 0.2) is 0 Å². The molecular formula is C16H25BrO2. The first-order valence-corrected chi connectivity index (χ1v) is 7.98. The Bertz CT molecular complexity index is 383. The van der Waals surface area contributed by atoms with Gasteiger partial charge in [-0.05, 0) is 42.9 Å². The van der Waals surface area contributed by atoms with Crippen LogP contribution in [0.1, 0.15) is 45.6 Å². The molecule has 0 saturated carbocycles. The normalized spacial score (nSPS) is 11.4. The van der Waals surface area contributed by atoms with E-state index in [-0.39, 0.29) is 5.41 Å². The van der Waals surface area contributed by atoms with Crippen LogP contribution >= 0.6 is 15.9 Å². The van der Waals surface area contributed by atoms with E-state index < -0.39 is 0 Å². The smallest absolute Gasteiger partial charge is 0.123 e. The Labute approximate surface area is 125 Å². The van der Waals surface area contributed by atoms with Crippen LogP contribution in [0.5, 0.6) is 11.5 Å². The molecule has 0 atom stereocenters. The Morgan fingerprint density at radius 2 is 1.84 bits per heavy atom. The number of methoxy groups -OCH3 is 1. The van der Waals surface area contributed by atoms with Crippen molar-refractivity contribution in [1.29, 1.82) is 0 Å². The van der Waals surface area contributed by atoms with Crippen molar-refractivity contribution in [2.45, 2.75) is 45.4 Å². The van der Waals surface area contributed by atoms with Crippen LogP contribution in [0.15, 0.2) is 18.2 Å². The van der Waals surface area contributed by atoms with Gasteiger partial charge in [0.2, 0.25) is 0 Å². The average Bonchev–Trinajstić information content (AvgIpc) is 2.37. The number of rotatable bonds is 7. The fourth-order valence-electron chi connectivity index (χ4n) is 1.90. The first kappa shape index (κ1) is 16.4. The van der Waals surface area contributed by atoms with Gasteiger partial charge in [-0.3, -0.25) is 0 Å². The molecule has 1 aromatic carbocycles. The number of halogens is 1. The van der Waals surface area contributed by atoms with Crippen LogP contribution in [-0.2, 0) is 5.41 Å². The van der Waals surface area contributed by atoms with Crippen LogP contribution in [0.3, 0.4) is 0 Å². The molecule has 0 unspecified atom stereocenters. The molecule has 1 aromatic rings. The van der Waals surface area contributed by atoms with Crippen LogP contribution in [0, 0.1) is 0 Å². The van der Waals surface area contributed by atoms with Crippen LogP contribution in [0.2, 0.25) is 0 Å². The summed E-state index contributed by atoms with van der Waals surface area (Å²) in [4.78, 5) is 0. The Morgan fingerprint density at radius 3 is 2.42 bits per heavy atom. The second-order valence-corrected chi connectivity index (χ2v) is 6.50. The molecule has 0 spiro atoms. The van der Waals surface area contributed by atoms with Crippen molar-refractivity contribution in [3.05, 3.63) is 23.8 Å². The summed E-state index contributed by atoms with van der Waals surface area (Å²) in [6.07, 6.45) is 3.51. The molecule has 19 heavy (non-hydrogen) atoms. The maximum absolute atomic E-state index is 5.94. The lowest BCUT2D eigenvalue weighted by molar-refractivity contribution is 0.297. The molecule has 3 heteroatoms. The monoisotopic (exact) mass is 328 g/mol. The summed E-state index contributed by atoms with van der Waals surface area (Å²) in [5, 5.41) is 1.07. The highest BCUT2D eigenvalue weighted by Gasteiger charge is 2.19. The van der Waals surface area contributed by atoms with Crippen LogP contribution in [-0.4, -0.2) is 19.0 Å². The van der Waals surface area contributed by atoms with Crippen molar-refractivity contribution in [3.63, 3.8) is 0 Å². The highest BCUT2D eigenvalue weighted by Crippen LogP contribution is 2.34. The first-order valence-electron chi connectivity index (χ1n) is 6.86. The molecule has 0 aromatic heterocycles. The number of benzene rings is 1. The van der Waals surface area contributed by atoms with Crippen LogP contribution < -0.4 is 9.47 Å². The van der Waals surface area contributed by atoms with Crippen molar-refractivity contribution < 1.29 is 9.47 Å². The predicted molar refractivity (Wildman–Crippen MR) is 84.8 cm³/mol. The maximum Gasteiger partial charge on any atom is 0.123 e. The lowest BCUT2D eigenvalue weighted by atomic mass is 9.86. The van der Waals surface area contributed by atoms with Gasteiger partial charge in [-0.2, -0.15) is 0 Å². The van der Waals surface area contributed by atoms with Crippen LogP contribution in [0.4, 0.5) is 0 Å². The van der Waals surface area contributed by atoms with Crippen molar-refractivity contribution in [2.24, 2.45) is 0 Å². The second kappa shape index (κ2) is 7.78. The lowest BCUT2D eigenvalue weighted by Gasteiger charge is -2.23. The maximum atomic E-state index is 5.94. The predicted octanol–water partition coefficient (Wildman–Crippen LogP) is 4.94. The molecule has 1 rings (SSSR count). The van der Waals surface area contributed by atoms with Gasteiger partial charge in [0.1, 0.15) is 11.5 Å². The highest BCUT2D eigenvalue weighted by atomic mass is 79.9. The summed E-state index contributed by atoms with van der Waals surface area (Å²) >= 11 is 3.45. The van der Waals surface area contributed by atoms with Gasteiger partial charge < -0.3 is 9.47 Å². The molecule has 0 N–H and O–H groups in total. The fourth-order valence-corrected chi connectivity index (χ4v) is 2.30. The molecule has 0 aliphatic heterocycles. The number of hydrogen-bond donors (Lipinski definition) is 0. The molecule has 0 heterocycles. The first-order chi connectivity index (χ1) is 8.99. The van der Waals surface area contributed by atoms with Crippen molar-refractivity contribution in [3.8, 4) is 11.5 Å². The third-order valence-electron chi connectivity index (χ3n) is 3.03. The van der Waals surface area contributed by atoms with E-state index in [1.54, 1.807) is 7.11 Å². The van der Waals surface area contributed by atoms with Crippen molar-refractivity contribution >= 4 is 15.9 Å². The van der Waals surface area contributed by atoms with E-state index in [0.29, 0.717) is 0 Å². The molecule has 0 bridgehead atoms. The molecule has 0 aliphatic rings. The average molecular weight is 329 g/mol. The number of ether oxygens (including phenoxy) is 2. The molecule has 0 amide bonds. The van der Waals surface area contributed by atoms with Gasteiger partial charge in [0, 0.05) is 10.9 Å². The molecule has 0 radical (unpaired) electrons. The summed E-state index contributed by atoms with van der Waals surface area (Å²) < 4.78 is 11.2. The van der Waals surface area contributed by atoms with E-state index in [0.717, 1.165) is 29.9 Å². The zero-order valence-corrected chi connectivity index (χ0v) is 14.0. The molecule has 0 fully saturated rings. The van der Waals surface area contributed by atoms with Gasteiger partial charge in [-0.25, -0.2) is 0 Å². The quantitative estimate of drug-likeness (QED) is 0.521. The summed E-state index contributed by atoms with van der Waals surface area (Å²) in [5.41, 5.74) is 1.26. The number of hydrogen-bond acceptors (Lipinski definition) is 2. The lowest BCUT2D eigenvalue weighted by Crippen LogP contribution is -2.14. The summed E-state index contributed by atoms with van der Waals surface area (Å²) in [7, 11) is 1.70. The van der Waals surface area contributed by atoms with E-state index in [2.05, 4.69) is 42.8 Å². The van der Waals surface area contributed by atoms with E-state index in [1.807, 2.05) is 12.1 Å². The third kappa shape index (κ3) is 5.43. The summed E-state index contributed by atoms with van der Waals surface area (Å²) in [5.74, 6) is 1.86. The van der Waals surface area contributed by atoms with E-state index in [1.165, 1.54) is 18.4 Å². The van der Waals surface area contributed by atoms with Gasteiger partial charge in [-0.1, -0.05) is 36.7 Å². The third-order valence-corrected chi connectivity index (χ3v) is 3.59. The highest BCUT2D eigenvalue weighted by molar-refractivity contribution is 9.09. The fraction of sp³-hybridized carbons (Fsp3) is 0.625. The topological polar surface area (TPSA) is 18.5 Å². The SMILES string of the molecule is COc1ccc(OCCCCCBr)c(C(C)(C)C)c1. The Morgan fingerprint density at radius 1 is 1.11 bits per heavy atom. The second-order valence-electron chi connectivity index (χ2n) is 5.71. The molecule has 0 aliphatic carbocycles. The van der Waals surface area contributed by atoms with E-state index in [4.69, 9.17) is 9.47 Å². The minimum atomic E-state index is 0.0553. The number of unbranched alkanes of at least 4 members (excludes halogenated alkanes) is 2. The van der Waals surface area contributed by atoms with Crippen molar-refractivity contribution in [1.82, 2.24) is 0 Å². The zero-order chi connectivity index (χ0) is 14.3. The standard InChI is InChI=1S/C16H25BrO2/c1-16(2,3)14-12-13(18-4)8-9-15(14)19-11-7-5-6-10-17/h8-9,12H,5-7,10-11H2,1-4H3. The minimum Gasteiger partial charge on any atom is -0.497 e. The van der Waals surface area contributed by atoms with Gasteiger partial charge in [-0.15, -0.1) is 0 Å². The molecule has 2 nitrogen and oxygen atoms in total. The van der Waals surface area contributed by atoms with Crippen LogP contribution in [0.25, 0.3) is 0 Å². The van der Waals surface area contributed by atoms with Gasteiger partial charge in [0.25, 0.3) is 0 Å². The Kier molecular flexibility index (Phi) is 6.70. The largest absolute Gasteiger partial charge is 0.497 e. The minimum absolute atomic E-state index is 0.0553. The van der Waals surface area contributed by atoms with Gasteiger partial charge >= 0.3 is 0 Å². The molecule has 0 saturated heterocycles.